The molecular formula is C25H30ClN3O3. The second kappa shape index (κ2) is 14.1. The predicted molar refractivity (Wildman–Crippen MR) is 131 cm³/mol. The van der Waals surface area contributed by atoms with Crippen molar-refractivity contribution in [2.75, 3.05) is 25.6 Å². The Bertz CT molecular complexity index is 990. The summed E-state index contributed by atoms with van der Waals surface area (Å²) in [6.07, 6.45) is 7.19. The molecule has 1 fully saturated rings. The number of ether oxygens (including phenoxy) is 2. The van der Waals surface area contributed by atoms with Gasteiger partial charge in [0.05, 0.1) is 17.6 Å². The second-order valence-corrected chi connectivity index (χ2v) is 7.21. The van der Waals surface area contributed by atoms with Crippen LogP contribution in [0.5, 0.6) is 11.5 Å². The fourth-order valence-corrected chi connectivity index (χ4v) is 2.98. The van der Waals surface area contributed by atoms with E-state index in [1.807, 2.05) is 37.3 Å². The molecule has 1 N–H and O–H groups in total. The topological polar surface area (TPSA) is 65.4 Å². The summed E-state index contributed by atoms with van der Waals surface area (Å²) in [5, 5.41) is 7.04. The molecule has 6 nitrogen and oxygen atoms in total. The number of halogens is 1. The molecule has 0 amide bonds. The van der Waals surface area contributed by atoms with Crippen LogP contribution in [0.4, 0.5) is 5.69 Å². The predicted octanol–water partition coefficient (Wildman–Crippen LogP) is 6.10. The van der Waals surface area contributed by atoms with Crippen LogP contribution >= 0.6 is 11.6 Å². The van der Waals surface area contributed by atoms with E-state index in [0.717, 1.165) is 19.0 Å². The maximum Gasteiger partial charge on any atom is 0.292 e. The van der Waals surface area contributed by atoms with Crippen molar-refractivity contribution >= 4 is 17.3 Å². The van der Waals surface area contributed by atoms with Crippen molar-refractivity contribution in [1.29, 1.82) is 0 Å². The monoisotopic (exact) mass is 455 g/mol. The number of para-hydroxylation sites is 1. The summed E-state index contributed by atoms with van der Waals surface area (Å²) >= 11 is 6.03. The van der Waals surface area contributed by atoms with E-state index in [4.69, 9.17) is 21.1 Å². The molecule has 170 valence electrons. The van der Waals surface area contributed by atoms with Gasteiger partial charge in [-0.25, -0.2) is 0 Å². The zero-order chi connectivity index (χ0) is 23.2. The fraction of sp³-hybridized carbons (Fsp3) is 0.280. The highest BCUT2D eigenvalue weighted by atomic mass is 35.5. The summed E-state index contributed by atoms with van der Waals surface area (Å²) in [5.74, 6) is 1.42. The summed E-state index contributed by atoms with van der Waals surface area (Å²) in [7, 11) is 1.68. The lowest BCUT2D eigenvalue weighted by Gasteiger charge is -2.09. The molecule has 32 heavy (non-hydrogen) atoms. The highest BCUT2D eigenvalue weighted by Crippen LogP contribution is 2.22. The molecule has 4 rings (SSSR count). The van der Waals surface area contributed by atoms with Gasteiger partial charge in [0.25, 0.3) is 5.56 Å². The highest BCUT2D eigenvalue weighted by molar-refractivity contribution is 6.32. The van der Waals surface area contributed by atoms with E-state index in [9.17, 15) is 4.79 Å². The number of aromatic nitrogens is 2. The summed E-state index contributed by atoms with van der Waals surface area (Å²) < 4.78 is 12.0. The molecule has 3 aromatic rings. The Morgan fingerprint density at radius 1 is 1.06 bits per heavy atom. The molecule has 1 aliphatic heterocycles. The van der Waals surface area contributed by atoms with Crippen molar-refractivity contribution in [3.05, 3.63) is 88.8 Å². The number of allylic oxidation sites excluding steroid dienone is 1. The fourth-order valence-electron chi connectivity index (χ4n) is 2.76. The van der Waals surface area contributed by atoms with Crippen molar-refractivity contribution in [1.82, 2.24) is 9.78 Å². The average Bonchev–Trinajstić information content (AvgIpc) is 2.84. The van der Waals surface area contributed by atoms with Gasteiger partial charge in [-0.2, -0.15) is 9.78 Å². The summed E-state index contributed by atoms with van der Waals surface area (Å²) in [4.78, 5) is 12.2. The lowest BCUT2D eigenvalue weighted by molar-refractivity contribution is 0.0968. The van der Waals surface area contributed by atoms with E-state index in [-0.39, 0.29) is 10.6 Å². The minimum atomic E-state index is -0.379. The Morgan fingerprint density at radius 3 is 2.16 bits per heavy atom. The van der Waals surface area contributed by atoms with Gasteiger partial charge in [-0.1, -0.05) is 35.9 Å². The van der Waals surface area contributed by atoms with Gasteiger partial charge in [0.15, 0.2) is 0 Å². The van der Waals surface area contributed by atoms with Gasteiger partial charge < -0.3 is 14.8 Å². The molecule has 0 radical (unpaired) electrons. The summed E-state index contributed by atoms with van der Waals surface area (Å²) in [6, 6.07) is 16.5. The van der Waals surface area contributed by atoms with Crippen LogP contribution in [-0.2, 0) is 4.74 Å². The van der Waals surface area contributed by atoms with Gasteiger partial charge in [-0.3, -0.25) is 4.79 Å². The lowest BCUT2D eigenvalue weighted by atomic mass is 10.2. The number of nitrogens with one attached hydrogen (secondary N) is 1. The Balaban J connectivity index is 0.000000339. The van der Waals surface area contributed by atoms with E-state index < -0.39 is 0 Å². The van der Waals surface area contributed by atoms with Gasteiger partial charge in [-0.05, 0) is 62.6 Å². The summed E-state index contributed by atoms with van der Waals surface area (Å²) in [5.41, 5.74) is 0.729. The summed E-state index contributed by atoms with van der Waals surface area (Å²) in [6.45, 7) is 7.25. The number of anilines is 1. The molecule has 0 aliphatic carbocycles. The molecular weight excluding hydrogens is 426 g/mol. The second-order valence-electron chi connectivity index (χ2n) is 6.83. The minimum Gasteiger partial charge on any atom is -0.457 e. The van der Waals surface area contributed by atoms with Gasteiger partial charge in [0.1, 0.15) is 16.5 Å². The number of hydrogen-bond acceptors (Lipinski definition) is 5. The van der Waals surface area contributed by atoms with Crippen LogP contribution in [0, 0.1) is 0 Å². The first-order valence-corrected chi connectivity index (χ1v) is 10.9. The first kappa shape index (κ1) is 25.2. The third-order valence-electron chi connectivity index (χ3n) is 4.33. The molecule has 0 spiro atoms. The van der Waals surface area contributed by atoms with Crippen molar-refractivity contribution < 1.29 is 9.47 Å². The maximum absolute atomic E-state index is 12.2. The van der Waals surface area contributed by atoms with Crippen LogP contribution < -0.4 is 15.6 Å². The Morgan fingerprint density at radius 2 is 1.66 bits per heavy atom. The molecule has 0 unspecified atom stereocenters. The van der Waals surface area contributed by atoms with Gasteiger partial charge in [0.2, 0.25) is 0 Å². The van der Waals surface area contributed by atoms with Gasteiger partial charge in [-0.15, -0.1) is 6.58 Å². The quantitative estimate of drug-likeness (QED) is 0.481. The smallest absolute Gasteiger partial charge is 0.292 e. The molecule has 1 aromatic heterocycles. The molecule has 0 bridgehead atoms. The normalized spacial score (nSPS) is 12.3. The molecule has 0 atom stereocenters. The molecule has 2 aromatic carbocycles. The lowest BCUT2D eigenvalue weighted by Crippen LogP contribution is -2.22. The third-order valence-corrected chi connectivity index (χ3v) is 4.69. The van der Waals surface area contributed by atoms with E-state index >= 15 is 0 Å². The van der Waals surface area contributed by atoms with Crippen molar-refractivity contribution in [2.45, 2.75) is 26.2 Å². The van der Waals surface area contributed by atoms with Crippen LogP contribution in [-0.4, -0.2) is 30.0 Å². The number of benzene rings is 2. The van der Waals surface area contributed by atoms with Crippen molar-refractivity contribution in [2.24, 2.45) is 0 Å². The number of nitrogens with zero attached hydrogens (tertiary/aromatic N) is 2. The maximum atomic E-state index is 12.2. The van der Waals surface area contributed by atoms with E-state index in [0.29, 0.717) is 17.1 Å². The van der Waals surface area contributed by atoms with E-state index in [2.05, 4.69) is 17.0 Å². The average molecular weight is 456 g/mol. The van der Waals surface area contributed by atoms with Crippen molar-refractivity contribution in [3.8, 4) is 17.2 Å². The van der Waals surface area contributed by atoms with Crippen LogP contribution in [0.15, 0.2) is 78.2 Å². The molecule has 1 aliphatic rings. The van der Waals surface area contributed by atoms with Crippen LogP contribution in [0.3, 0.4) is 0 Å². The highest BCUT2D eigenvalue weighted by Gasteiger charge is 2.09. The van der Waals surface area contributed by atoms with E-state index in [1.54, 1.807) is 37.4 Å². The van der Waals surface area contributed by atoms with E-state index in [1.165, 1.54) is 30.1 Å². The van der Waals surface area contributed by atoms with Crippen LogP contribution in [0.2, 0.25) is 5.02 Å². The molecule has 1 saturated heterocycles. The Hall–Kier alpha value is -3.09. The van der Waals surface area contributed by atoms with Crippen LogP contribution in [0.25, 0.3) is 5.69 Å². The number of rotatable bonds is 4. The largest absolute Gasteiger partial charge is 0.457 e. The zero-order valence-electron chi connectivity index (χ0n) is 18.6. The van der Waals surface area contributed by atoms with Crippen molar-refractivity contribution in [3.63, 3.8) is 0 Å². The number of hydrogen-bond donors (Lipinski definition) is 1. The van der Waals surface area contributed by atoms with Crippen LogP contribution in [0.1, 0.15) is 26.2 Å². The first-order valence-electron chi connectivity index (χ1n) is 10.5. The zero-order valence-corrected chi connectivity index (χ0v) is 19.3. The van der Waals surface area contributed by atoms with Gasteiger partial charge >= 0.3 is 0 Å². The standard InChI is InChI=1S/C17H14ClN3O2.C5H10O.C3H6/c1-19-15-11-20-21(17(22)16(15)18)12-7-9-14(10-8-12)23-13-5-3-2-4-6-13;1-2-4-6-5-3-1;1-3-2/h2-11,19H,1H3;1-5H2;3H,1H2,2H3. The molecule has 7 heteroatoms. The Kier molecular flexibility index (Phi) is 11.1. The molecule has 0 saturated carbocycles. The third kappa shape index (κ3) is 7.87. The Labute approximate surface area is 194 Å². The molecule has 2 heterocycles. The van der Waals surface area contributed by atoms with Gasteiger partial charge in [0, 0.05) is 20.3 Å². The first-order chi connectivity index (χ1) is 15.6. The SMILES string of the molecule is C1CCOCC1.C=CC.CNc1cnn(-c2ccc(Oc3ccccc3)cc2)c(=O)c1Cl. The minimum absolute atomic E-state index is 0.104.